The van der Waals surface area contributed by atoms with Crippen molar-refractivity contribution >= 4 is 5.97 Å². The predicted octanol–water partition coefficient (Wildman–Crippen LogP) is 2.84. The zero-order valence-electron chi connectivity index (χ0n) is 11.8. The number of hydrogen-bond donors (Lipinski definition) is 1. The second-order valence-electron chi connectivity index (χ2n) is 5.57. The molecule has 1 aromatic carbocycles. The smallest absolute Gasteiger partial charge is 0.308 e. The summed E-state index contributed by atoms with van der Waals surface area (Å²) in [6.45, 7) is -0.139. The number of aliphatic hydroxyl groups excluding tert-OH is 1. The van der Waals surface area contributed by atoms with Crippen molar-refractivity contribution in [3.05, 3.63) is 35.1 Å². The van der Waals surface area contributed by atoms with Gasteiger partial charge in [-0.2, -0.15) is 0 Å². The SMILES string of the molecule is COC(=O)[C@H]1CC[C@H](Cc2cc(F)cc(CO)c2)CC1. The second-order valence-corrected chi connectivity index (χ2v) is 5.57. The summed E-state index contributed by atoms with van der Waals surface area (Å²) in [5.41, 5.74) is 1.54. The highest BCUT2D eigenvalue weighted by atomic mass is 19.1. The van der Waals surface area contributed by atoms with Crippen LogP contribution in [0.15, 0.2) is 18.2 Å². The molecular formula is C16H21FO3. The van der Waals surface area contributed by atoms with Gasteiger partial charge in [-0.15, -0.1) is 0 Å². The van der Waals surface area contributed by atoms with Crippen LogP contribution in [0.3, 0.4) is 0 Å². The molecule has 0 aliphatic heterocycles. The zero-order valence-corrected chi connectivity index (χ0v) is 11.8. The Morgan fingerprint density at radius 3 is 2.50 bits per heavy atom. The van der Waals surface area contributed by atoms with E-state index >= 15 is 0 Å². The topological polar surface area (TPSA) is 46.5 Å². The van der Waals surface area contributed by atoms with Gasteiger partial charge in [0.05, 0.1) is 19.6 Å². The van der Waals surface area contributed by atoms with E-state index < -0.39 is 0 Å². The Morgan fingerprint density at radius 1 is 1.25 bits per heavy atom. The van der Waals surface area contributed by atoms with Crippen LogP contribution in [-0.4, -0.2) is 18.2 Å². The number of halogens is 1. The van der Waals surface area contributed by atoms with Gasteiger partial charge in [0.1, 0.15) is 5.82 Å². The van der Waals surface area contributed by atoms with E-state index in [1.165, 1.54) is 19.2 Å². The summed E-state index contributed by atoms with van der Waals surface area (Å²) in [7, 11) is 1.43. The van der Waals surface area contributed by atoms with Gasteiger partial charge in [-0.05, 0) is 61.3 Å². The average molecular weight is 280 g/mol. The summed E-state index contributed by atoms with van der Waals surface area (Å²) >= 11 is 0. The number of rotatable bonds is 4. The lowest BCUT2D eigenvalue weighted by Crippen LogP contribution is -2.23. The van der Waals surface area contributed by atoms with Crippen LogP contribution in [-0.2, 0) is 22.6 Å². The summed E-state index contributed by atoms with van der Waals surface area (Å²) in [6.07, 6.45) is 4.42. The van der Waals surface area contributed by atoms with Crippen molar-refractivity contribution in [3.63, 3.8) is 0 Å². The molecule has 1 N–H and O–H groups in total. The first-order valence-corrected chi connectivity index (χ1v) is 7.09. The fourth-order valence-electron chi connectivity index (χ4n) is 3.03. The number of ether oxygens (including phenoxy) is 1. The number of carbonyl (C=O) groups excluding carboxylic acids is 1. The van der Waals surface area contributed by atoms with Crippen molar-refractivity contribution in [3.8, 4) is 0 Å². The van der Waals surface area contributed by atoms with E-state index in [0.717, 1.165) is 37.7 Å². The Balaban J connectivity index is 1.92. The monoisotopic (exact) mass is 280 g/mol. The normalized spacial score (nSPS) is 22.6. The predicted molar refractivity (Wildman–Crippen MR) is 73.5 cm³/mol. The van der Waals surface area contributed by atoms with Gasteiger partial charge < -0.3 is 9.84 Å². The molecule has 0 spiro atoms. The highest BCUT2D eigenvalue weighted by Crippen LogP contribution is 2.32. The van der Waals surface area contributed by atoms with Gasteiger partial charge in [-0.25, -0.2) is 4.39 Å². The molecule has 0 amide bonds. The maximum Gasteiger partial charge on any atom is 0.308 e. The summed E-state index contributed by atoms with van der Waals surface area (Å²) in [5, 5.41) is 9.10. The molecule has 20 heavy (non-hydrogen) atoms. The Labute approximate surface area is 118 Å². The minimum Gasteiger partial charge on any atom is -0.469 e. The lowest BCUT2D eigenvalue weighted by atomic mass is 9.79. The number of methoxy groups -OCH3 is 1. The molecule has 0 radical (unpaired) electrons. The molecule has 0 bridgehead atoms. The van der Waals surface area contributed by atoms with Gasteiger partial charge in [-0.3, -0.25) is 4.79 Å². The lowest BCUT2D eigenvalue weighted by molar-refractivity contribution is -0.146. The fraction of sp³-hybridized carbons (Fsp3) is 0.562. The van der Waals surface area contributed by atoms with Crippen molar-refractivity contribution in [2.45, 2.75) is 38.7 Å². The van der Waals surface area contributed by atoms with Gasteiger partial charge in [0.25, 0.3) is 0 Å². The Hall–Kier alpha value is -1.42. The minimum absolute atomic E-state index is 0.0248. The van der Waals surface area contributed by atoms with Gasteiger partial charge >= 0.3 is 5.97 Å². The Bertz CT molecular complexity index is 465. The highest BCUT2D eigenvalue weighted by molar-refractivity contribution is 5.72. The minimum atomic E-state index is -0.296. The fourth-order valence-corrected chi connectivity index (χ4v) is 3.03. The van der Waals surface area contributed by atoms with Crippen molar-refractivity contribution in [1.29, 1.82) is 0 Å². The number of esters is 1. The largest absolute Gasteiger partial charge is 0.469 e. The quantitative estimate of drug-likeness (QED) is 0.863. The van der Waals surface area contributed by atoms with Crippen LogP contribution in [0.4, 0.5) is 4.39 Å². The second kappa shape index (κ2) is 6.84. The molecule has 0 saturated heterocycles. The van der Waals surface area contributed by atoms with Gasteiger partial charge in [-0.1, -0.05) is 6.07 Å². The number of carbonyl (C=O) groups is 1. The maximum atomic E-state index is 13.4. The molecule has 0 aromatic heterocycles. The molecule has 2 rings (SSSR count). The Morgan fingerprint density at radius 2 is 1.90 bits per heavy atom. The van der Waals surface area contributed by atoms with E-state index in [2.05, 4.69) is 0 Å². The molecule has 4 heteroatoms. The molecule has 3 nitrogen and oxygen atoms in total. The molecule has 0 heterocycles. The standard InChI is InChI=1S/C16H21FO3/c1-20-16(19)14-4-2-11(3-5-14)6-12-7-13(10-18)9-15(17)8-12/h7-9,11,14,18H,2-6,10H2,1H3/t11-,14-. The summed E-state index contributed by atoms with van der Waals surface area (Å²) < 4.78 is 18.2. The van der Waals surface area contributed by atoms with Crippen LogP contribution >= 0.6 is 0 Å². The van der Waals surface area contributed by atoms with Crippen LogP contribution in [0.2, 0.25) is 0 Å². The van der Waals surface area contributed by atoms with Crippen LogP contribution in [0.1, 0.15) is 36.8 Å². The molecule has 110 valence electrons. The molecule has 0 atom stereocenters. The molecule has 1 aromatic rings. The first-order valence-electron chi connectivity index (χ1n) is 7.09. The average Bonchev–Trinajstić information content (AvgIpc) is 2.46. The number of hydrogen-bond acceptors (Lipinski definition) is 3. The summed E-state index contributed by atoms with van der Waals surface area (Å²) in [5.74, 6) is 0.0904. The van der Waals surface area contributed by atoms with Crippen LogP contribution in [0.25, 0.3) is 0 Å². The first-order chi connectivity index (χ1) is 9.62. The van der Waals surface area contributed by atoms with E-state index in [1.807, 2.05) is 6.07 Å². The van der Waals surface area contributed by atoms with Crippen molar-refractivity contribution in [2.75, 3.05) is 7.11 Å². The third kappa shape index (κ3) is 3.79. The van der Waals surface area contributed by atoms with Crippen molar-refractivity contribution < 1.29 is 19.0 Å². The van der Waals surface area contributed by atoms with Crippen molar-refractivity contribution in [2.24, 2.45) is 11.8 Å². The maximum absolute atomic E-state index is 13.4. The third-order valence-corrected chi connectivity index (χ3v) is 4.11. The molecule has 1 aliphatic rings. The van der Waals surface area contributed by atoms with E-state index in [4.69, 9.17) is 9.84 Å². The van der Waals surface area contributed by atoms with Crippen LogP contribution < -0.4 is 0 Å². The molecular weight excluding hydrogens is 259 g/mol. The Kier molecular flexibility index (Phi) is 5.12. The van der Waals surface area contributed by atoms with Crippen LogP contribution in [0.5, 0.6) is 0 Å². The van der Waals surface area contributed by atoms with Gasteiger partial charge in [0.15, 0.2) is 0 Å². The highest BCUT2D eigenvalue weighted by Gasteiger charge is 2.26. The van der Waals surface area contributed by atoms with Crippen molar-refractivity contribution in [1.82, 2.24) is 0 Å². The van der Waals surface area contributed by atoms with E-state index in [-0.39, 0.29) is 24.3 Å². The molecule has 1 aliphatic carbocycles. The number of aliphatic hydroxyl groups is 1. The van der Waals surface area contributed by atoms with Crippen LogP contribution in [0, 0.1) is 17.7 Å². The molecule has 0 unspecified atom stereocenters. The zero-order chi connectivity index (χ0) is 14.5. The summed E-state index contributed by atoms with van der Waals surface area (Å²) in [6, 6.07) is 4.75. The first kappa shape index (κ1) is 15.0. The third-order valence-electron chi connectivity index (χ3n) is 4.11. The van der Waals surface area contributed by atoms with E-state index in [0.29, 0.717) is 11.5 Å². The lowest BCUT2D eigenvalue weighted by Gasteiger charge is -2.27. The number of benzene rings is 1. The van der Waals surface area contributed by atoms with Gasteiger partial charge in [0.2, 0.25) is 0 Å². The molecule has 1 saturated carbocycles. The van der Waals surface area contributed by atoms with E-state index in [1.54, 1.807) is 0 Å². The van der Waals surface area contributed by atoms with E-state index in [9.17, 15) is 9.18 Å². The molecule has 1 fully saturated rings. The summed E-state index contributed by atoms with van der Waals surface area (Å²) in [4.78, 5) is 11.5. The van der Waals surface area contributed by atoms with Gasteiger partial charge in [0, 0.05) is 0 Å².